The molecule has 0 aromatic heterocycles. The standard InChI is InChI=1S/C11H22N2O/c1-8(6-12-4)7-13-10(14)9-5-11(9,2)3/h8-9,12H,5-7H2,1-4H3,(H,13,14). The fourth-order valence-corrected chi connectivity index (χ4v) is 1.73. The summed E-state index contributed by atoms with van der Waals surface area (Å²) in [4.78, 5) is 11.6. The first-order valence-electron chi connectivity index (χ1n) is 5.39. The average Bonchev–Trinajstić information content (AvgIpc) is 2.72. The van der Waals surface area contributed by atoms with Gasteiger partial charge in [0.15, 0.2) is 0 Å². The van der Waals surface area contributed by atoms with Crippen LogP contribution in [0.4, 0.5) is 0 Å². The SMILES string of the molecule is CNCC(C)CNC(=O)C1CC1(C)C. The Morgan fingerprint density at radius 1 is 1.50 bits per heavy atom. The molecule has 2 atom stereocenters. The molecule has 0 spiro atoms. The van der Waals surface area contributed by atoms with Gasteiger partial charge in [0.2, 0.25) is 5.91 Å². The summed E-state index contributed by atoms with van der Waals surface area (Å²) in [6.07, 6.45) is 1.04. The van der Waals surface area contributed by atoms with E-state index < -0.39 is 0 Å². The first-order valence-corrected chi connectivity index (χ1v) is 5.39. The molecule has 0 aromatic carbocycles. The lowest BCUT2D eigenvalue weighted by Crippen LogP contribution is -2.33. The molecule has 0 heterocycles. The van der Waals surface area contributed by atoms with Gasteiger partial charge in [0.25, 0.3) is 0 Å². The van der Waals surface area contributed by atoms with Crippen molar-refractivity contribution in [1.82, 2.24) is 10.6 Å². The molecule has 0 radical (unpaired) electrons. The Kier molecular flexibility index (Phi) is 3.53. The van der Waals surface area contributed by atoms with E-state index in [1.54, 1.807) is 0 Å². The van der Waals surface area contributed by atoms with Crippen molar-refractivity contribution >= 4 is 5.91 Å². The van der Waals surface area contributed by atoms with Gasteiger partial charge >= 0.3 is 0 Å². The zero-order valence-corrected chi connectivity index (χ0v) is 9.68. The maximum absolute atomic E-state index is 11.6. The summed E-state index contributed by atoms with van der Waals surface area (Å²) in [5.74, 6) is 0.994. The predicted molar refractivity (Wildman–Crippen MR) is 58.0 cm³/mol. The largest absolute Gasteiger partial charge is 0.356 e. The summed E-state index contributed by atoms with van der Waals surface area (Å²) < 4.78 is 0. The smallest absolute Gasteiger partial charge is 0.223 e. The zero-order valence-electron chi connectivity index (χ0n) is 9.68. The van der Waals surface area contributed by atoms with Crippen LogP contribution < -0.4 is 10.6 Å². The fraction of sp³-hybridized carbons (Fsp3) is 0.909. The molecule has 0 aromatic rings. The van der Waals surface area contributed by atoms with Crippen LogP contribution >= 0.6 is 0 Å². The average molecular weight is 198 g/mol. The lowest BCUT2D eigenvalue weighted by Gasteiger charge is -2.12. The highest BCUT2D eigenvalue weighted by Gasteiger charge is 2.50. The highest BCUT2D eigenvalue weighted by Crippen LogP contribution is 2.51. The summed E-state index contributed by atoms with van der Waals surface area (Å²) in [6, 6.07) is 0. The first-order chi connectivity index (χ1) is 6.47. The number of nitrogens with one attached hydrogen (secondary N) is 2. The molecule has 0 aliphatic heterocycles. The highest BCUT2D eigenvalue weighted by molar-refractivity contribution is 5.82. The van der Waals surface area contributed by atoms with Crippen LogP contribution in [0.3, 0.4) is 0 Å². The molecule has 2 N–H and O–H groups in total. The molecule has 82 valence electrons. The molecular weight excluding hydrogens is 176 g/mol. The lowest BCUT2D eigenvalue weighted by molar-refractivity contribution is -0.123. The number of carbonyl (C=O) groups is 1. The molecule has 1 amide bonds. The van der Waals surface area contributed by atoms with E-state index in [1.807, 2.05) is 7.05 Å². The Balaban J connectivity index is 2.16. The molecule has 0 bridgehead atoms. The van der Waals surface area contributed by atoms with Crippen molar-refractivity contribution < 1.29 is 4.79 Å². The Bertz CT molecular complexity index is 213. The van der Waals surface area contributed by atoms with Crippen LogP contribution in [0.25, 0.3) is 0 Å². The third-order valence-corrected chi connectivity index (χ3v) is 3.01. The quantitative estimate of drug-likeness (QED) is 0.692. The van der Waals surface area contributed by atoms with Gasteiger partial charge in [0.05, 0.1) is 0 Å². The van der Waals surface area contributed by atoms with Gasteiger partial charge in [-0.05, 0) is 31.3 Å². The van der Waals surface area contributed by atoms with E-state index in [-0.39, 0.29) is 17.2 Å². The second kappa shape index (κ2) is 4.30. The predicted octanol–water partition coefficient (Wildman–Crippen LogP) is 1.00. The van der Waals surface area contributed by atoms with Gasteiger partial charge in [-0.25, -0.2) is 0 Å². The fourth-order valence-electron chi connectivity index (χ4n) is 1.73. The molecule has 0 saturated heterocycles. The minimum Gasteiger partial charge on any atom is -0.356 e. The Labute approximate surface area is 86.6 Å². The molecule has 2 unspecified atom stereocenters. The molecule has 1 saturated carbocycles. The van der Waals surface area contributed by atoms with E-state index in [0.29, 0.717) is 5.92 Å². The minimum absolute atomic E-state index is 0.234. The summed E-state index contributed by atoms with van der Waals surface area (Å²) in [5.41, 5.74) is 0.246. The summed E-state index contributed by atoms with van der Waals surface area (Å²) in [7, 11) is 1.93. The maximum atomic E-state index is 11.6. The lowest BCUT2D eigenvalue weighted by atomic mass is 10.1. The highest BCUT2D eigenvalue weighted by atomic mass is 16.2. The first kappa shape index (κ1) is 11.5. The van der Waals surface area contributed by atoms with Crippen LogP contribution in [0.1, 0.15) is 27.2 Å². The van der Waals surface area contributed by atoms with E-state index in [2.05, 4.69) is 31.4 Å². The third kappa shape index (κ3) is 2.98. The minimum atomic E-state index is 0.234. The molecule has 1 fully saturated rings. The normalized spacial score (nSPS) is 25.6. The molecule has 1 rings (SSSR count). The van der Waals surface area contributed by atoms with Crippen LogP contribution in [-0.4, -0.2) is 26.0 Å². The van der Waals surface area contributed by atoms with Crippen molar-refractivity contribution in [1.29, 1.82) is 0 Å². The van der Waals surface area contributed by atoms with Gasteiger partial charge in [-0.1, -0.05) is 20.8 Å². The van der Waals surface area contributed by atoms with Gasteiger partial charge in [0, 0.05) is 12.5 Å². The number of hydrogen-bond acceptors (Lipinski definition) is 2. The third-order valence-electron chi connectivity index (χ3n) is 3.01. The van der Waals surface area contributed by atoms with Crippen molar-refractivity contribution in [2.75, 3.05) is 20.1 Å². The molecule has 1 aliphatic carbocycles. The second-order valence-electron chi connectivity index (χ2n) is 5.15. The molecular formula is C11H22N2O. The van der Waals surface area contributed by atoms with Gasteiger partial charge in [-0.2, -0.15) is 0 Å². The van der Waals surface area contributed by atoms with E-state index >= 15 is 0 Å². The molecule has 3 heteroatoms. The summed E-state index contributed by atoms with van der Waals surface area (Å²) in [5, 5.41) is 6.11. The van der Waals surface area contributed by atoms with Crippen molar-refractivity contribution in [3.63, 3.8) is 0 Å². The topological polar surface area (TPSA) is 41.1 Å². The van der Waals surface area contributed by atoms with Crippen molar-refractivity contribution in [3.05, 3.63) is 0 Å². The van der Waals surface area contributed by atoms with Crippen molar-refractivity contribution in [2.45, 2.75) is 27.2 Å². The van der Waals surface area contributed by atoms with Crippen LogP contribution in [0.2, 0.25) is 0 Å². The number of hydrogen-bond donors (Lipinski definition) is 2. The zero-order chi connectivity index (χ0) is 10.8. The van der Waals surface area contributed by atoms with Gasteiger partial charge in [-0.15, -0.1) is 0 Å². The number of amides is 1. The Morgan fingerprint density at radius 2 is 2.07 bits per heavy atom. The monoisotopic (exact) mass is 198 g/mol. The van der Waals surface area contributed by atoms with Crippen LogP contribution in [0.15, 0.2) is 0 Å². The van der Waals surface area contributed by atoms with Crippen LogP contribution in [0.5, 0.6) is 0 Å². The number of rotatable bonds is 5. The molecule has 3 nitrogen and oxygen atoms in total. The van der Waals surface area contributed by atoms with Gasteiger partial charge < -0.3 is 10.6 Å². The Hall–Kier alpha value is -0.570. The Morgan fingerprint density at radius 3 is 2.50 bits per heavy atom. The van der Waals surface area contributed by atoms with E-state index in [1.165, 1.54) is 0 Å². The van der Waals surface area contributed by atoms with Crippen LogP contribution in [0, 0.1) is 17.3 Å². The summed E-state index contributed by atoms with van der Waals surface area (Å²) in [6.45, 7) is 8.16. The number of carbonyl (C=O) groups excluding carboxylic acids is 1. The second-order valence-corrected chi connectivity index (χ2v) is 5.15. The van der Waals surface area contributed by atoms with E-state index in [0.717, 1.165) is 19.5 Å². The van der Waals surface area contributed by atoms with E-state index in [4.69, 9.17) is 0 Å². The van der Waals surface area contributed by atoms with Crippen molar-refractivity contribution in [3.8, 4) is 0 Å². The van der Waals surface area contributed by atoms with Gasteiger partial charge in [0.1, 0.15) is 0 Å². The molecule has 14 heavy (non-hydrogen) atoms. The van der Waals surface area contributed by atoms with Gasteiger partial charge in [-0.3, -0.25) is 4.79 Å². The molecule has 1 aliphatic rings. The van der Waals surface area contributed by atoms with Crippen LogP contribution in [-0.2, 0) is 4.79 Å². The van der Waals surface area contributed by atoms with E-state index in [9.17, 15) is 4.79 Å². The summed E-state index contributed by atoms with van der Waals surface area (Å²) >= 11 is 0. The van der Waals surface area contributed by atoms with Crippen molar-refractivity contribution in [2.24, 2.45) is 17.3 Å². The maximum Gasteiger partial charge on any atom is 0.223 e.